The van der Waals surface area contributed by atoms with Gasteiger partial charge in [0.25, 0.3) is 0 Å². The summed E-state index contributed by atoms with van der Waals surface area (Å²) in [6, 6.07) is 26.7. The molecule has 3 nitrogen and oxygen atoms in total. The van der Waals surface area contributed by atoms with Gasteiger partial charge in [-0.1, -0.05) is 42.5 Å². The largest absolute Gasteiger partial charge is 0.497 e. The van der Waals surface area contributed by atoms with Crippen LogP contribution in [0.25, 0.3) is 10.8 Å². The first-order chi connectivity index (χ1) is 14.6. The van der Waals surface area contributed by atoms with Crippen molar-refractivity contribution in [1.82, 2.24) is 0 Å². The Morgan fingerprint density at radius 1 is 0.833 bits per heavy atom. The lowest BCUT2D eigenvalue weighted by Gasteiger charge is -2.14. The van der Waals surface area contributed by atoms with Gasteiger partial charge in [-0.15, -0.1) is 0 Å². The summed E-state index contributed by atoms with van der Waals surface area (Å²) in [7, 11) is 1.67. The molecule has 0 fully saturated rings. The van der Waals surface area contributed by atoms with Gasteiger partial charge >= 0.3 is 0 Å². The molecule has 0 aliphatic carbocycles. The smallest absolute Gasteiger partial charge is 0.148 e. The van der Waals surface area contributed by atoms with E-state index in [-0.39, 0.29) is 0 Å². The first-order valence-corrected chi connectivity index (χ1v) is 11.2. The SMILES string of the molecule is COc1ccc(NCc2cc(Br)c(OCc3cccc4ccccc34)c(Br)c2)cc1. The normalized spacial score (nSPS) is 10.8. The highest BCUT2D eigenvalue weighted by Crippen LogP contribution is 2.36. The topological polar surface area (TPSA) is 30.5 Å². The van der Waals surface area contributed by atoms with E-state index in [9.17, 15) is 0 Å². The van der Waals surface area contributed by atoms with Crippen LogP contribution >= 0.6 is 31.9 Å². The maximum Gasteiger partial charge on any atom is 0.148 e. The zero-order valence-electron chi connectivity index (χ0n) is 16.5. The Labute approximate surface area is 193 Å². The lowest BCUT2D eigenvalue weighted by Crippen LogP contribution is -2.02. The standard InChI is InChI=1S/C25H21Br2NO2/c1-29-21-11-9-20(10-12-21)28-15-17-13-23(26)25(24(27)14-17)30-16-19-7-4-6-18-5-2-3-8-22(18)19/h2-14,28H,15-16H2,1H3. The molecule has 0 unspecified atom stereocenters. The molecule has 0 aliphatic heterocycles. The number of anilines is 1. The summed E-state index contributed by atoms with van der Waals surface area (Å²) in [5.41, 5.74) is 3.35. The van der Waals surface area contributed by atoms with Crippen molar-refractivity contribution in [2.75, 3.05) is 12.4 Å². The summed E-state index contributed by atoms with van der Waals surface area (Å²) >= 11 is 7.33. The molecule has 4 aromatic carbocycles. The Morgan fingerprint density at radius 2 is 1.53 bits per heavy atom. The maximum absolute atomic E-state index is 6.18. The van der Waals surface area contributed by atoms with Crippen LogP contribution in [-0.4, -0.2) is 7.11 Å². The Bertz CT molecular complexity index is 1130. The molecule has 0 aliphatic rings. The van der Waals surface area contributed by atoms with Gasteiger partial charge in [-0.05, 0) is 90.2 Å². The summed E-state index contributed by atoms with van der Waals surface area (Å²) in [4.78, 5) is 0. The number of hydrogen-bond acceptors (Lipinski definition) is 3. The molecule has 0 heterocycles. The van der Waals surface area contributed by atoms with Gasteiger partial charge in [0, 0.05) is 12.2 Å². The second-order valence-corrected chi connectivity index (χ2v) is 8.61. The second kappa shape index (κ2) is 9.54. The lowest BCUT2D eigenvalue weighted by atomic mass is 10.1. The minimum absolute atomic E-state index is 0.502. The lowest BCUT2D eigenvalue weighted by molar-refractivity contribution is 0.303. The Morgan fingerprint density at radius 3 is 2.27 bits per heavy atom. The first kappa shape index (κ1) is 20.8. The Kier molecular flexibility index (Phi) is 6.60. The minimum Gasteiger partial charge on any atom is -0.497 e. The van der Waals surface area contributed by atoms with Gasteiger partial charge in [0.2, 0.25) is 0 Å². The molecule has 0 saturated heterocycles. The number of halogens is 2. The molecule has 5 heteroatoms. The Hall–Kier alpha value is -2.50. The van der Waals surface area contributed by atoms with Crippen LogP contribution in [0.5, 0.6) is 11.5 Å². The average Bonchev–Trinajstić information content (AvgIpc) is 2.77. The highest BCUT2D eigenvalue weighted by atomic mass is 79.9. The van der Waals surface area contributed by atoms with Gasteiger partial charge in [0.1, 0.15) is 18.1 Å². The number of nitrogens with one attached hydrogen (secondary N) is 1. The van der Waals surface area contributed by atoms with E-state index < -0.39 is 0 Å². The fraction of sp³-hybridized carbons (Fsp3) is 0.120. The van der Waals surface area contributed by atoms with Gasteiger partial charge < -0.3 is 14.8 Å². The van der Waals surface area contributed by atoms with Crippen LogP contribution in [0.2, 0.25) is 0 Å². The van der Waals surface area contributed by atoms with Gasteiger partial charge in [-0.2, -0.15) is 0 Å². The molecule has 152 valence electrons. The van der Waals surface area contributed by atoms with E-state index >= 15 is 0 Å². The molecule has 4 aromatic rings. The second-order valence-electron chi connectivity index (χ2n) is 6.90. The van der Waals surface area contributed by atoms with Crippen molar-refractivity contribution in [1.29, 1.82) is 0 Å². The van der Waals surface area contributed by atoms with Crippen molar-refractivity contribution in [3.63, 3.8) is 0 Å². The first-order valence-electron chi connectivity index (χ1n) is 9.59. The number of rotatable bonds is 7. The van der Waals surface area contributed by atoms with Crippen LogP contribution in [-0.2, 0) is 13.2 Å². The van der Waals surface area contributed by atoms with E-state index in [1.54, 1.807) is 7.11 Å². The summed E-state index contributed by atoms with van der Waals surface area (Å²) in [6.07, 6.45) is 0. The van der Waals surface area contributed by atoms with Crippen LogP contribution < -0.4 is 14.8 Å². The molecule has 0 bridgehead atoms. The summed E-state index contributed by atoms with van der Waals surface area (Å²) in [5, 5.41) is 5.86. The van der Waals surface area contributed by atoms with Crippen molar-refractivity contribution >= 4 is 48.3 Å². The highest BCUT2D eigenvalue weighted by molar-refractivity contribution is 9.11. The third-order valence-corrected chi connectivity index (χ3v) is 6.07. The average molecular weight is 527 g/mol. The van der Waals surface area contributed by atoms with Crippen LogP contribution in [0.4, 0.5) is 5.69 Å². The summed E-state index contributed by atoms with van der Waals surface area (Å²) in [5.74, 6) is 1.65. The third kappa shape index (κ3) is 4.79. The molecule has 0 radical (unpaired) electrons. The van der Waals surface area contributed by atoms with Crippen LogP contribution in [0, 0.1) is 0 Å². The molecular formula is C25H21Br2NO2. The monoisotopic (exact) mass is 525 g/mol. The zero-order chi connectivity index (χ0) is 20.9. The minimum atomic E-state index is 0.502. The van der Waals surface area contributed by atoms with Crippen LogP contribution in [0.1, 0.15) is 11.1 Å². The van der Waals surface area contributed by atoms with Crippen molar-refractivity contribution in [3.8, 4) is 11.5 Å². The van der Waals surface area contributed by atoms with E-state index in [0.717, 1.165) is 37.3 Å². The number of ether oxygens (including phenoxy) is 2. The summed E-state index contributed by atoms with van der Waals surface area (Å²) in [6.45, 7) is 1.20. The van der Waals surface area contributed by atoms with Gasteiger partial charge in [0.15, 0.2) is 0 Å². The third-order valence-electron chi connectivity index (χ3n) is 4.90. The molecule has 0 aromatic heterocycles. The van der Waals surface area contributed by atoms with Crippen molar-refractivity contribution in [2.45, 2.75) is 13.2 Å². The predicted octanol–water partition coefficient (Wildman–Crippen LogP) is 7.56. The van der Waals surface area contributed by atoms with Crippen molar-refractivity contribution in [3.05, 3.63) is 98.9 Å². The van der Waals surface area contributed by atoms with E-state index in [1.165, 1.54) is 10.8 Å². The molecule has 0 amide bonds. The maximum atomic E-state index is 6.18. The molecule has 0 spiro atoms. The molecule has 4 rings (SSSR count). The number of methoxy groups -OCH3 is 1. The molecular weight excluding hydrogens is 506 g/mol. The summed E-state index contributed by atoms with van der Waals surface area (Å²) < 4.78 is 13.2. The van der Waals surface area contributed by atoms with Crippen molar-refractivity contribution < 1.29 is 9.47 Å². The predicted molar refractivity (Wildman–Crippen MR) is 130 cm³/mol. The van der Waals surface area contributed by atoms with E-state index in [2.05, 4.69) is 91.8 Å². The van der Waals surface area contributed by atoms with E-state index in [1.807, 2.05) is 24.3 Å². The van der Waals surface area contributed by atoms with Crippen molar-refractivity contribution in [2.24, 2.45) is 0 Å². The van der Waals surface area contributed by atoms with Gasteiger partial charge in [-0.25, -0.2) is 0 Å². The van der Waals surface area contributed by atoms with Crippen LogP contribution in [0.3, 0.4) is 0 Å². The number of fused-ring (bicyclic) bond motifs is 1. The van der Waals surface area contributed by atoms with E-state index in [0.29, 0.717) is 13.2 Å². The fourth-order valence-electron chi connectivity index (χ4n) is 3.33. The van der Waals surface area contributed by atoms with Crippen LogP contribution in [0.15, 0.2) is 87.8 Å². The molecule has 30 heavy (non-hydrogen) atoms. The van der Waals surface area contributed by atoms with Gasteiger partial charge in [0.05, 0.1) is 16.1 Å². The molecule has 0 atom stereocenters. The number of benzene rings is 4. The number of hydrogen-bond donors (Lipinski definition) is 1. The van der Waals surface area contributed by atoms with E-state index in [4.69, 9.17) is 9.47 Å². The van der Waals surface area contributed by atoms with Gasteiger partial charge in [-0.3, -0.25) is 0 Å². The quantitative estimate of drug-likeness (QED) is 0.269. The highest BCUT2D eigenvalue weighted by Gasteiger charge is 2.11. The molecule has 1 N–H and O–H groups in total. The Balaban J connectivity index is 1.45. The zero-order valence-corrected chi connectivity index (χ0v) is 19.7. The molecule has 0 saturated carbocycles. The fourth-order valence-corrected chi connectivity index (χ4v) is 4.84.